The lowest BCUT2D eigenvalue weighted by atomic mass is 10.3. The fraction of sp³-hybridized carbons (Fsp3) is 0. The molecule has 0 N–H and O–H groups in total. The van der Waals surface area contributed by atoms with Gasteiger partial charge in [0.2, 0.25) is 0 Å². The van der Waals surface area contributed by atoms with Gasteiger partial charge in [0.05, 0.1) is 0 Å². The van der Waals surface area contributed by atoms with Crippen LogP contribution in [0.25, 0.3) is 0 Å². The maximum atomic E-state index is 10.3. The van der Waals surface area contributed by atoms with Gasteiger partial charge in [-0.15, -0.1) is 5.73 Å². The number of aldehydes is 1. The summed E-state index contributed by atoms with van der Waals surface area (Å²) in [5, 5.41) is 0. The zero-order valence-corrected chi connectivity index (χ0v) is 6.76. The first-order valence-electron chi connectivity index (χ1n) is 2.78. The van der Waals surface area contributed by atoms with Crippen LogP contribution in [0.5, 0.6) is 0 Å². The Morgan fingerprint density at radius 1 is 1.60 bits per heavy atom. The van der Waals surface area contributed by atoms with Crippen molar-refractivity contribution in [1.29, 1.82) is 0 Å². The molecule has 0 radical (unpaired) electrons. The first-order valence-corrected chi connectivity index (χ1v) is 3.57. The topological polar surface area (TPSA) is 17.1 Å². The zero-order chi connectivity index (χ0) is 7.40. The highest BCUT2D eigenvalue weighted by molar-refractivity contribution is 9.11. The summed E-state index contributed by atoms with van der Waals surface area (Å²) in [7, 11) is 0. The Bertz CT molecular complexity index is 265. The number of rotatable bonds is 1. The maximum Gasteiger partial charge on any atom is 0.150 e. The van der Waals surface area contributed by atoms with Crippen LogP contribution in [-0.2, 0) is 4.79 Å². The van der Waals surface area contributed by atoms with Gasteiger partial charge in [0.15, 0.2) is 6.29 Å². The molecular weight excluding hydrogens is 192 g/mol. The average Bonchev–Trinajstić information content (AvgIpc) is 2.13. The molecule has 0 bridgehead atoms. The summed E-state index contributed by atoms with van der Waals surface area (Å²) in [6.07, 6.45) is 7.74. The molecule has 1 rings (SSSR count). The van der Waals surface area contributed by atoms with Crippen molar-refractivity contribution in [2.75, 3.05) is 0 Å². The highest BCUT2D eigenvalue weighted by atomic mass is 79.9. The second-order valence-electron chi connectivity index (χ2n) is 1.79. The third-order valence-electron chi connectivity index (χ3n) is 1.03. The standard InChI is InChI=1S/C8H5BrO/c9-8-4-2-1-3-7(5-8)6-10/h2-6H. The molecule has 10 heavy (non-hydrogen) atoms. The third-order valence-corrected chi connectivity index (χ3v) is 1.52. The fourth-order valence-electron chi connectivity index (χ4n) is 0.589. The Hall–Kier alpha value is -0.850. The van der Waals surface area contributed by atoms with Gasteiger partial charge in [-0.05, 0) is 24.3 Å². The molecule has 0 aromatic carbocycles. The van der Waals surface area contributed by atoms with Crippen LogP contribution in [0.4, 0.5) is 0 Å². The van der Waals surface area contributed by atoms with Gasteiger partial charge >= 0.3 is 0 Å². The molecule has 0 saturated heterocycles. The van der Waals surface area contributed by atoms with Gasteiger partial charge in [-0.1, -0.05) is 15.9 Å². The van der Waals surface area contributed by atoms with Gasteiger partial charge in [0.1, 0.15) is 0 Å². The van der Waals surface area contributed by atoms with Crippen molar-refractivity contribution in [3.05, 3.63) is 40.1 Å². The van der Waals surface area contributed by atoms with Crippen LogP contribution < -0.4 is 0 Å². The minimum absolute atomic E-state index is 0.622. The number of hydrogen-bond donors (Lipinski definition) is 0. The minimum atomic E-state index is 0.622. The number of allylic oxidation sites excluding steroid dienone is 5. The van der Waals surface area contributed by atoms with Crippen LogP contribution in [0.3, 0.4) is 0 Å². The monoisotopic (exact) mass is 196 g/mol. The Morgan fingerprint density at radius 3 is 3.10 bits per heavy atom. The Balaban J connectivity index is 3.03. The largest absolute Gasteiger partial charge is 0.298 e. The van der Waals surface area contributed by atoms with E-state index < -0.39 is 0 Å². The molecule has 1 nitrogen and oxygen atoms in total. The van der Waals surface area contributed by atoms with Crippen molar-refractivity contribution in [3.8, 4) is 0 Å². The lowest BCUT2D eigenvalue weighted by Gasteiger charge is -1.84. The van der Waals surface area contributed by atoms with E-state index >= 15 is 0 Å². The Labute approximate surface area is 67.6 Å². The third kappa shape index (κ3) is 1.83. The van der Waals surface area contributed by atoms with Crippen LogP contribution >= 0.6 is 15.9 Å². The minimum Gasteiger partial charge on any atom is -0.298 e. The summed E-state index contributed by atoms with van der Waals surface area (Å²) in [4.78, 5) is 10.3. The molecule has 0 amide bonds. The molecule has 0 heterocycles. The molecule has 0 unspecified atom stereocenters. The molecule has 50 valence electrons. The van der Waals surface area contributed by atoms with Crippen LogP contribution in [0.1, 0.15) is 0 Å². The van der Waals surface area contributed by atoms with Gasteiger partial charge in [-0.2, -0.15) is 0 Å². The van der Waals surface area contributed by atoms with E-state index in [0.717, 1.165) is 10.8 Å². The predicted octanol–water partition coefficient (Wildman–Crippen LogP) is 2.12. The molecule has 0 fully saturated rings. The van der Waals surface area contributed by atoms with Gasteiger partial charge < -0.3 is 0 Å². The van der Waals surface area contributed by atoms with E-state index in [1.54, 1.807) is 18.2 Å². The molecule has 1 aliphatic rings. The van der Waals surface area contributed by atoms with Crippen molar-refractivity contribution in [2.24, 2.45) is 0 Å². The van der Waals surface area contributed by atoms with Crippen molar-refractivity contribution in [2.45, 2.75) is 0 Å². The predicted molar refractivity (Wildman–Crippen MR) is 43.8 cm³/mol. The van der Waals surface area contributed by atoms with Crippen molar-refractivity contribution in [3.63, 3.8) is 0 Å². The van der Waals surface area contributed by atoms with Crippen LogP contribution in [-0.4, -0.2) is 6.29 Å². The molecule has 0 aromatic heterocycles. The number of hydrogen-bond acceptors (Lipinski definition) is 1. The average molecular weight is 197 g/mol. The van der Waals surface area contributed by atoms with Crippen molar-refractivity contribution >= 4 is 22.2 Å². The molecule has 0 saturated carbocycles. The zero-order valence-electron chi connectivity index (χ0n) is 5.17. The smallest absolute Gasteiger partial charge is 0.150 e. The van der Waals surface area contributed by atoms with Crippen molar-refractivity contribution in [1.82, 2.24) is 0 Å². The molecule has 1 aliphatic carbocycles. The van der Waals surface area contributed by atoms with Gasteiger partial charge in [-0.25, -0.2) is 0 Å². The molecule has 0 aromatic rings. The van der Waals surface area contributed by atoms with Gasteiger partial charge in [-0.3, -0.25) is 4.79 Å². The SMILES string of the molecule is O=CC1=CC(Br)=CC=C=C1. The second-order valence-corrected chi connectivity index (χ2v) is 2.71. The highest BCUT2D eigenvalue weighted by Gasteiger charge is 1.91. The van der Waals surface area contributed by atoms with E-state index in [0.29, 0.717) is 5.57 Å². The summed E-state index contributed by atoms with van der Waals surface area (Å²) in [5.74, 6) is 0. The molecule has 0 atom stereocenters. The van der Waals surface area contributed by atoms with E-state index in [1.807, 2.05) is 6.08 Å². The normalized spacial score (nSPS) is 15.7. The first-order chi connectivity index (χ1) is 4.83. The molecular formula is C8H5BrO. The number of halogens is 1. The molecule has 0 aliphatic heterocycles. The van der Waals surface area contributed by atoms with E-state index in [2.05, 4.69) is 21.7 Å². The summed E-state index contributed by atoms with van der Waals surface area (Å²) < 4.78 is 0.885. The second kappa shape index (κ2) is 3.35. The van der Waals surface area contributed by atoms with E-state index in [4.69, 9.17) is 0 Å². The summed E-state index contributed by atoms with van der Waals surface area (Å²) >= 11 is 3.25. The Kier molecular flexibility index (Phi) is 2.43. The van der Waals surface area contributed by atoms with Crippen LogP contribution in [0.15, 0.2) is 40.1 Å². The van der Waals surface area contributed by atoms with E-state index in [1.165, 1.54) is 0 Å². The number of carbonyl (C=O) groups excluding carboxylic acids is 1. The Morgan fingerprint density at radius 2 is 2.40 bits per heavy atom. The lowest BCUT2D eigenvalue weighted by molar-refractivity contribution is -0.104. The van der Waals surface area contributed by atoms with Gasteiger partial charge in [0, 0.05) is 10.1 Å². The maximum absolute atomic E-state index is 10.3. The van der Waals surface area contributed by atoms with Crippen LogP contribution in [0, 0.1) is 0 Å². The summed E-state index contributed by atoms with van der Waals surface area (Å²) in [6, 6.07) is 0. The van der Waals surface area contributed by atoms with Crippen molar-refractivity contribution < 1.29 is 4.79 Å². The lowest BCUT2D eigenvalue weighted by Crippen LogP contribution is -1.75. The van der Waals surface area contributed by atoms with E-state index in [-0.39, 0.29) is 0 Å². The van der Waals surface area contributed by atoms with Crippen LogP contribution in [0.2, 0.25) is 0 Å². The van der Waals surface area contributed by atoms with Gasteiger partial charge in [0.25, 0.3) is 0 Å². The number of carbonyl (C=O) groups is 1. The molecule has 0 spiro atoms. The summed E-state index contributed by atoms with van der Waals surface area (Å²) in [6.45, 7) is 0. The molecule has 2 heteroatoms. The highest BCUT2D eigenvalue weighted by Crippen LogP contribution is 2.11. The summed E-state index contributed by atoms with van der Waals surface area (Å²) in [5.41, 5.74) is 3.44. The van der Waals surface area contributed by atoms with E-state index in [9.17, 15) is 4.79 Å². The first kappa shape index (κ1) is 7.26. The fourth-order valence-corrected chi connectivity index (χ4v) is 0.986. The quantitative estimate of drug-likeness (QED) is 0.464.